The molecule has 1 saturated carbocycles. The van der Waals surface area contributed by atoms with E-state index in [-0.39, 0.29) is 35.1 Å². The Balaban J connectivity index is 0.00000280. The zero-order chi connectivity index (χ0) is 19.3. The standard InChI is InChI=1S/C20H24ClN3O2S.HI/c1-22-19(23-12-13-27(25,26)18-8-3-2-4-9-18)24-15-20(10-11-20)16-6-5-7-17(21)14-16;/h2-9,14H,10-13,15H2,1H3,(H2,22,23,24);1H. The van der Waals surface area contributed by atoms with Crippen LogP contribution >= 0.6 is 35.6 Å². The summed E-state index contributed by atoms with van der Waals surface area (Å²) in [6.07, 6.45) is 2.19. The second kappa shape index (κ2) is 9.93. The molecule has 0 bridgehead atoms. The minimum atomic E-state index is -3.30. The molecule has 8 heteroatoms. The topological polar surface area (TPSA) is 70.6 Å². The summed E-state index contributed by atoms with van der Waals surface area (Å²) in [5.74, 6) is 0.614. The summed E-state index contributed by atoms with van der Waals surface area (Å²) in [6.45, 7) is 1.03. The van der Waals surface area contributed by atoms with Gasteiger partial charge in [-0.15, -0.1) is 24.0 Å². The van der Waals surface area contributed by atoms with E-state index in [9.17, 15) is 8.42 Å². The molecule has 1 aliphatic rings. The van der Waals surface area contributed by atoms with Crippen molar-refractivity contribution >= 4 is 51.4 Å². The first-order valence-corrected chi connectivity index (χ1v) is 11.0. The lowest BCUT2D eigenvalue weighted by molar-refractivity contribution is 0.594. The van der Waals surface area contributed by atoms with Gasteiger partial charge >= 0.3 is 0 Å². The van der Waals surface area contributed by atoms with Crippen LogP contribution in [0.25, 0.3) is 0 Å². The second-order valence-corrected chi connectivity index (χ2v) is 9.32. The fourth-order valence-corrected chi connectivity index (χ4v) is 4.43. The number of rotatable bonds is 7. The van der Waals surface area contributed by atoms with E-state index in [2.05, 4.69) is 21.7 Å². The molecule has 0 amide bonds. The molecule has 0 spiro atoms. The third-order valence-electron chi connectivity index (χ3n) is 4.87. The van der Waals surface area contributed by atoms with Crippen LogP contribution in [0.1, 0.15) is 18.4 Å². The van der Waals surface area contributed by atoms with Crippen LogP contribution in [0.2, 0.25) is 5.02 Å². The molecule has 0 aliphatic heterocycles. The normalized spacial score (nSPS) is 15.4. The summed E-state index contributed by atoms with van der Waals surface area (Å²) in [6, 6.07) is 16.5. The van der Waals surface area contributed by atoms with E-state index >= 15 is 0 Å². The molecule has 28 heavy (non-hydrogen) atoms. The van der Waals surface area contributed by atoms with Gasteiger partial charge in [0, 0.05) is 30.6 Å². The van der Waals surface area contributed by atoms with Gasteiger partial charge in [-0.25, -0.2) is 8.42 Å². The summed E-state index contributed by atoms with van der Waals surface area (Å²) < 4.78 is 24.7. The molecule has 0 atom stereocenters. The quantitative estimate of drug-likeness (QED) is 0.324. The number of aliphatic imine (C=N–C) groups is 1. The number of guanidine groups is 1. The molecule has 1 fully saturated rings. The van der Waals surface area contributed by atoms with Crippen LogP contribution in [0, 0.1) is 0 Å². The van der Waals surface area contributed by atoms with Gasteiger partial charge in [0.25, 0.3) is 0 Å². The van der Waals surface area contributed by atoms with Crippen molar-refractivity contribution in [3.05, 3.63) is 65.2 Å². The average Bonchev–Trinajstić information content (AvgIpc) is 3.46. The number of hydrogen-bond acceptors (Lipinski definition) is 3. The second-order valence-electron chi connectivity index (χ2n) is 6.78. The van der Waals surface area contributed by atoms with Gasteiger partial charge in [-0.05, 0) is 42.7 Å². The van der Waals surface area contributed by atoms with E-state index in [0.29, 0.717) is 17.4 Å². The van der Waals surface area contributed by atoms with Gasteiger partial charge in [0.1, 0.15) is 0 Å². The van der Waals surface area contributed by atoms with Gasteiger partial charge < -0.3 is 10.6 Å². The Kier molecular flexibility index (Phi) is 8.15. The molecule has 0 aromatic heterocycles. The monoisotopic (exact) mass is 533 g/mol. The first-order valence-electron chi connectivity index (χ1n) is 8.94. The Hall–Kier alpha value is -1.32. The van der Waals surface area contributed by atoms with Gasteiger partial charge in [-0.2, -0.15) is 0 Å². The molecule has 0 saturated heterocycles. The van der Waals surface area contributed by atoms with Crippen molar-refractivity contribution in [1.82, 2.24) is 10.6 Å². The highest BCUT2D eigenvalue weighted by Crippen LogP contribution is 2.48. The Morgan fingerprint density at radius 1 is 1.11 bits per heavy atom. The Labute approximate surface area is 188 Å². The van der Waals surface area contributed by atoms with E-state index in [0.717, 1.165) is 24.4 Å². The van der Waals surface area contributed by atoms with E-state index in [1.165, 1.54) is 5.56 Å². The Bertz CT molecular complexity index is 916. The number of nitrogens with zero attached hydrogens (tertiary/aromatic N) is 1. The Morgan fingerprint density at radius 3 is 2.43 bits per heavy atom. The summed E-state index contributed by atoms with van der Waals surface area (Å²) in [7, 11) is -1.62. The van der Waals surface area contributed by atoms with Crippen molar-refractivity contribution in [3.63, 3.8) is 0 Å². The van der Waals surface area contributed by atoms with Crippen LogP contribution in [0.3, 0.4) is 0 Å². The smallest absolute Gasteiger partial charge is 0.191 e. The van der Waals surface area contributed by atoms with Crippen molar-refractivity contribution in [2.75, 3.05) is 25.9 Å². The predicted octanol–water partition coefficient (Wildman–Crippen LogP) is 3.63. The maximum atomic E-state index is 12.3. The maximum absolute atomic E-state index is 12.3. The summed E-state index contributed by atoms with van der Waals surface area (Å²) in [5, 5.41) is 7.15. The molecular weight excluding hydrogens is 509 g/mol. The Morgan fingerprint density at radius 2 is 1.82 bits per heavy atom. The van der Waals surface area contributed by atoms with Crippen molar-refractivity contribution in [3.8, 4) is 0 Å². The lowest BCUT2D eigenvalue weighted by Crippen LogP contribution is -2.42. The van der Waals surface area contributed by atoms with E-state index in [1.807, 2.05) is 18.2 Å². The van der Waals surface area contributed by atoms with Crippen LogP contribution < -0.4 is 10.6 Å². The van der Waals surface area contributed by atoms with Crippen molar-refractivity contribution < 1.29 is 8.42 Å². The summed E-state index contributed by atoms with van der Waals surface area (Å²) in [5.41, 5.74) is 1.31. The fourth-order valence-electron chi connectivity index (χ4n) is 3.06. The van der Waals surface area contributed by atoms with Gasteiger partial charge in [0.05, 0.1) is 10.6 Å². The number of halogens is 2. The van der Waals surface area contributed by atoms with Gasteiger partial charge in [0.2, 0.25) is 0 Å². The van der Waals surface area contributed by atoms with Crippen molar-refractivity contribution in [2.24, 2.45) is 4.99 Å². The molecular formula is C20H25ClIN3O2S. The highest BCUT2D eigenvalue weighted by Gasteiger charge is 2.44. The van der Waals surface area contributed by atoms with E-state index in [1.54, 1.807) is 37.4 Å². The van der Waals surface area contributed by atoms with Crippen LogP contribution in [-0.4, -0.2) is 40.3 Å². The molecule has 3 rings (SSSR count). The summed E-state index contributed by atoms with van der Waals surface area (Å²) in [4.78, 5) is 4.54. The largest absolute Gasteiger partial charge is 0.356 e. The van der Waals surface area contributed by atoms with Crippen molar-refractivity contribution in [1.29, 1.82) is 0 Å². The predicted molar refractivity (Wildman–Crippen MR) is 126 cm³/mol. The van der Waals surface area contributed by atoms with Gasteiger partial charge in [-0.3, -0.25) is 4.99 Å². The number of hydrogen-bond donors (Lipinski definition) is 2. The highest BCUT2D eigenvalue weighted by atomic mass is 127. The van der Waals surface area contributed by atoms with Crippen LogP contribution in [0.4, 0.5) is 0 Å². The van der Waals surface area contributed by atoms with E-state index in [4.69, 9.17) is 11.6 Å². The lowest BCUT2D eigenvalue weighted by atomic mass is 9.96. The molecule has 0 radical (unpaired) electrons. The van der Waals surface area contributed by atoms with Crippen LogP contribution in [0.5, 0.6) is 0 Å². The first kappa shape index (κ1) is 23.0. The maximum Gasteiger partial charge on any atom is 0.191 e. The SMILES string of the molecule is CN=C(NCCS(=O)(=O)c1ccccc1)NCC1(c2cccc(Cl)c2)CC1.I. The molecule has 2 aromatic rings. The van der Waals surface area contributed by atoms with Gasteiger partial charge in [-0.1, -0.05) is 41.9 Å². The van der Waals surface area contributed by atoms with E-state index < -0.39 is 9.84 Å². The molecule has 2 aromatic carbocycles. The van der Waals surface area contributed by atoms with Crippen molar-refractivity contribution in [2.45, 2.75) is 23.2 Å². The zero-order valence-corrected chi connectivity index (χ0v) is 19.6. The highest BCUT2D eigenvalue weighted by molar-refractivity contribution is 14.0. The number of benzene rings is 2. The van der Waals surface area contributed by atoms with Gasteiger partial charge in [0.15, 0.2) is 15.8 Å². The minimum absolute atomic E-state index is 0. The third kappa shape index (κ3) is 5.84. The van der Waals surface area contributed by atoms with Crippen LogP contribution in [-0.2, 0) is 15.3 Å². The van der Waals surface area contributed by atoms with Crippen LogP contribution in [0.15, 0.2) is 64.5 Å². The third-order valence-corrected chi connectivity index (χ3v) is 6.84. The first-order chi connectivity index (χ1) is 13.0. The minimum Gasteiger partial charge on any atom is -0.356 e. The fraction of sp³-hybridized carbons (Fsp3) is 0.350. The molecule has 152 valence electrons. The number of sulfone groups is 1. The molecule has 5 nitrogen and oxygen atoms in total. The lowest BCUT2D eigenvalue weighted by Gasteiger charge is -2.19. The number of nitrogens with one attached hydrogen (secondary N) is 2. The molecule has 1 aliphatic carbocycles. The molecule has 0 unspecified atom stereocenters. The zero-order valence-electron chi connectivity index (χ0n) is 15.7. The molecule has 0 heterocycles. The average molecular weight is 534 g/mol. The summed E-state index contributed by atoms with van der Waals surface area (Å²) >= 11 is 6.12. The molecule has 2 N–H and O–H groups in total.